The van der Waals surface area contributed by atoms with Gasteiger partial charge in [0, 0.05) is 6.54 Å². The van der Waals surface area contributed by atoms with Crippen LogP contribution in [0.2, 0.25) is 0 Å². The van der Waals surface area contributed by atoms with E-state index in [-0.39, 0.29) is 12.3 Å². The summed E-state index contributed by atoms with van der Waals surface area (Å²) >= 11 is 0. The molecule has 0 aliphatic carbocycles. The van der Waals surface area contributed by atoms with Gasteiger partial charge in [0.25, 0.3) is 0 Å². The van der Waals surface area contributed by atoms with E-state index in [0.29, 0.717) is 0 Å². The predicted octanol–water partition coefficient (Wildman–Crippen LogP) is 1.51. The molecule has 0 heterocycles. The minimum atomic E-state index is -3.32. The van der Waals surface area contributed by atoms with Gasteiger partial charge < -0.3 is 5.73 Å². The SMILES string of the molecule is CCc1cccc(CC)c1NS(=O)(=O)CCN. The van der Waals surface area contributed by atoms with Crippen LogP contribution in [0.4, 0.5) is 5.69 Å². The minimum absolute atomic E-state index is 0.0474. The van der Waals surface area contributed by atoms with Crippen LogP contribution < -0.4 is 10.5 Å². The first-order valence-corrected chi connectivity index (χ1v) is 7.50. The molecule has 0 amide bonds. The molecule has 0 atom stereocenters. The van der Waals surface area contributed by atoms with Crippen LogP contribution in [0.25, 0.3) is 0 Å². The van der Waals surface area contributed by atoms with Crippen molar-refractivity contribution in [3.8, 4) is 0 Å². The Balaban J connectivity index is 3.12. The second kappa shape index (κ2) is 6.02. The molecule has 0 bridgehead atoms. The van der Waals surface area contributed by atoms with Crippen LogP contribution in [0.3, 0.4) is 0 Å². The van der Waals surface area contributed by atoms with E-state index in [9.17, 15) is 8.42 Å². The minimum Gasteiger partial charge on any atom is -0.329 e. The Labute approximate surface area is 103 Å². The van der Waals surface area contributed by atoms with E-state index >= 15 is 0 Å². The van der Waals surface area contributed by atoms with E-state index in [1.54, 1.807) is 0 Å². The maximum Gasteiger partial charge on any atom is 0.233 e. The highest BCUT2D eigenvalue weighted by Gasteiger charge is 2.13. The van der Waals surface area contributed by atoms with Crippen molar-refractivity contribution in [3.05, 3.63) is 29.3 Å². The molecule has 0 saturated heterocycles. The molecule has 1 aromatic carbocycles. The maximum absolute atomic E-state index is 11.7. The molecule has 5 heteroatoms. The zero-order valence-electron chi connectivity index (χ0n) is 10.4. The van der Waals surface area contributed by atoms with Crippen molar-refractivity contribution in [3.63, 3.8) is 0 Å². The lowest BCUT2D eigenvalue weighted by Gasteiger charge is -2.15. The molecule has 0 aromatic heterocycles. The highest BCUT2D eigenvalue weighted by Crippen LogP contribution is 2.23. The van der Waals surface area contributed by atoms with E-state index in [0.717, 1.165) is 29.7 Å². The summed E-state index contributed by atoms with van der Waals surface area (Å²) in [6, 6.07) is 5.84. The fourth-order valence-corrected chi connectivity index (χ4v) is 2.72. The van der Waals surface area contributed by atoms with Crippen molar-refractivity contribution in [1.82, 2.24) is 0 Å². The lowest BCUT2D eigenvalue weighted by molar-refractivity contribution is 0.601. The van der Waals surface area contributed by atoms with Gasteiger partial charge in [-0.2, -0.15) is 0 Å². The van der Waals surface area contributed by atoms with Crippen LogP contribution in [0.15, 0.2) is 18.2 Å². The highest BCUT2D eigenvalue weighted by atomic mass is 32.2. The standard InChI is InChI=1S/C12H20N2O2S/c1-3-10-6-5-7-11(4-2)12(10)14-17(15,16)9-8-13/h5-7,14H,3-4,8-9,13H2,1-2H3. The summed E-state index contributed by atoms with van der Waals surface area (Å²) in [5.74, 6) is -0.0474. The number of nitrogens with one attached hydrogen (secondary N) is 1. The molecule has 0 aliphatic heterocycles. The predicted molar refractivity (Wildman–Crippen MR) is 71.7 cm³/mol. The Morgan fingerprint density at radius 3 is 2.12 bits per heavy atom. The van der Waals surface area contributed by atoms with Gasteiger partial charge in [-0.3, -0.25) is 4.72 Å². The number of para-hydroxylation sites is 1. The third kappa shape index (κ3) is 3.71. The van der Waals surface area contributed by atoms with E-state index in [2.05, 4.69) is 4.72 Å². The number of hydrogen-bond acceptors (Lipinski definition) is 3. The molecule has 96 valence electrons. The zero-order valence-corrected chi connectivity index (χ0v) is 11.2. The van der Waals surface area contributed by atoms with Gasteiger partial charge in [0.05, 0.1) is 11.4 Å². The molecular formula is C12H20N2O2S. The van der Waals surface area contributed by atoms with Gasteiger partial charge in [0.2, 0.25) is 10.0 Å². The number of benzene rings is 1. The van der Waals surface area contributed by atoms with E-state index in [1.165, 1.54) is 0 Å². The Morgan fingerprint density at radius 1 is 1.18 bits per heavy atom. The van der Waals surface area contributed by atoms with Gasteiger partial charge in [-0.05, 0) is 24.0 Å². The van der Waals surface area contributed by atoms with Crippen LogP contribution in [-0.4, -0.2) is 20.7 Å². The Kier molecular flexibility index (Phi) is 4.96. The number of sulfonamides is 1. The lowest BCUT2D eigenvalue weighted by atomic mass is 10.0. The molecule has 1 aromatic rings. The van der Waals surface area contributed by atoms with Crippen LogP contribution in [0, 0.1) is 0 Å². The summed E-state index contributed by atoms with van der Waals surface area (Å²) in [6.45, 7) is 4.15. The topological polar surface area (TPSA) is 72.2 Å². The van der Waals surface area contributed by atoms with Crippen molar-refractivity contribution in [2.24, 2.45) is 5.73 Å². The lowest BCUT2D eigenvalue weighted by Crippen LogP contribution is -2.23. The van der Waals surface area contributed by atoms with Gasteiger partial charge in [-0.25, -0.2) is 8.42 Å². The fourth-order valence-electron chi connectivity index (χ4n) is 1.74. The molecule has 0 fully saturated rings. The fraction of sp³-hybridized carbons (Fsp3) is 0.500. The van der Waals surface area contributed by atoms with Crippen LogP contribution >= 0.6 is 0 Å². The molecule has 3 N–H and O–H groups in total. The molecule has 0 spiro atoms. The molecule has 0 unspecified atom stereocenters. The molecule has 0 saturated carbocycles. The molecular weight excluding hydrogens is 236 g/mol. The molecule has 0 aliphatic rings. The van der Waals surface area contributed by atoms with Gasteiger partial charge in [0.15, 0.2) is 0 Å². The smallest absolute Gasteiger partial charge is 0.233 e. The molecule has 1 rings (SSSR count). The summed E-state index contributed by atoms with van der Waals surface area (Å²) in [7, 11) is -3.32. The average molecular weight is 256 g/mol. The summed E-state index contributed by atoms with van der Waals surface area (Å²) in [4.78, 5) is 0. The van der Waals surface area contributed by atoms with E-state index in [4.69, 9.17) is 5.73 Å². The zero-order chi connectivity index (χ0) is 12.9. The van der Waals surface area contributed by atoms with Gasteiger partial charge in [0.1, 0.15) is 0 Å². The van der Waals surface area contributed by atoms with Crippen molar-refractivity contribution < 1.29 is 8.42 Å². The Morgan fingerprint density at radius 2 is 1.71 bits per heavy atom. The summed E-state index contributed by atoms with van der Waals surface area (Å²) in [5, 5.41) is 0. The van der Waals surface area contributed by atoms with Crippen LogP contribution in [0.1, 0.15) is 25.0 Å². The number of anilines is 1. The Hall–Kier alpha value is -1.07. The summed E-state index contributed by atoms with van der Waals surface area (Å²) in [6.07, 6.45) is 1.60. The Bertz CT molecular complexity index is 447. The monoisotopic (exact) mass is 256 g/mol. The summed E-state index contributed by atoms with van der Waals surface area (Å²) in [5.41, 5.74) is 8.05. The number of aryl methyl sites for hydroxylation is 2. The normalized spacial score (nSPS) is 11.5. The second-order valence-corrected chi connectivity index (χ2v) is 5.71. The van der Waals surface area contributed by atoms with Crippen molar-refractivity contribution >= 4 is 15.7 Å². The molecule has 0 radical (unpaired) electrons. The second-order valence-electron chi connectivity index (χ2n) is 3.87. The average Bonchev–Trinajstić information content (AvgIpc) is 2.28. The third-order valence-electron chi connectivity index (χ3n) is 2.64. The van der Waals surface area contributed by atoms with Crippen molar-refractivity contribution in [2.45, 2.75) is 26.7 Å². The number of rotatable bonds is 6. The molecule has 4 nitrogen and oxygen atoms in total. The quantitative estimate of drug-likeness (QED) is 0.810. The van der Waals surface area contributed by atoms with E-state index < -0.39 is 10.0 Å². The third-order valence-corrected chi connectivity index (χ3v) is 3.93. The van der Waals surface area contributed by atoms with Gasteiger partial charge in [-0.15, -0.1) is 0 Å². The van der Waals surface area contributed by atoms with Crippen LogP contribution in [-0.2, 0) is 22.9 Å². The maximum atomic E-state index is 11.7. The number of hydrogen-bond donors (Lipinski definition) is 2. The van der Waals surface area contributed by atoms with Crippen molar-refractivity contribution in [2.75, 3.05) is 17.0 Å². The number of nitrogens with two attached hydrogens (primary N) is 1. The largest absolute Gasteiger partial charge is 0.329 e. The van der Waals surface area contributed by atoms with E-state index in [1.807, 2.05) is 32.0 Å². The first-order valence-electron chi connectivity index (χ1n) is 5.85. The molecule has 17 heavy (non-hydrogen) atoms. The van der Waals surface area contributed by atoms with Crippen molar-refractivity contribution in [1.29, 1.82) is 0 Å². The first kappa shape index (κ1) is 14.0. The highest BCUT2D eigenvalue weighted by molar-refractivity contribution is 7.92. The summed E-state index contributed by atoms with van der Waals surface area (Å²) < 4.78 is 26.1. The first-order chi connectivity index (χ1) is 8.04. The van der Waals surface area contributed by atoms with Crippen LogP contribution in [0.5, 0.6) is 0 Å². The van der Waals surface area contributed by atoms with Gasteiger partial charge >= 0.3 is 0 Å². The van der Waals surface area contributed by atoms with Gasteiger partial charge in [-0.1, -0.05) is 32.0 Å².